The molecule has 2 aliphatic rings. The number of thioether (sulfide) groups is 1. The summed E-state index contributed by atoms with van der Waals surface area (Å²) in [5.74, 6) is 4.30. The van der Waals surface area contributed by atoms with E-state index in [1.165, 1.54) is 12.2 Å². The van der Waals surface area contributed by atoms with Crippen LogP contribution in [0.5, 0.6) is 0 Å². The maximum absolute atomic E-state index is 6.12. The minimum Gasteiger partial charge on any atom is -0.469 e. The van der Waals surface area contributed by atoms with Gasteiger partial charge in [-0.25, -0.2) is 0 Å². The molecule has 3 heterocycles. The van der Waals surface area contributed by atoms with Gasteiger partial charge >= 0.3 is 0 Å². The van der Waals surface area contributed by atoms with Gasteiger partial charge in [-0.15, -0.1) is 0 Å². The van der Waals surface area contributed by atoms with E-state index in [4.69, 9.17) is 9.15 Å². The summed E-state index contributed by atoms with van der Waals surface area (Å²) in [6, 6.07) is 4.39. The first-order valence-corrected chi connectivity index (χ1v) is 10.2. The molecule has 2 fully saturated rings. The molecule has 2 unspecified atom stereocenters. The van der Waals surface area contributed by atoms with Gasteiger partial charge in [-0.3, -0.25) is 4.99 Å². The number of hydrogen-bond acceptors (Lipinski definition) is 4. The highest BCUT2D eigenvalue weighted by Gasteiger charge is 2.40. The van der Waals surface area contributed by atoms with Crippen LogP contribution < -0.4 is 10.6 Å². The predicted octanol–water partition coefficient (Wildman–Crippen LogP) is 2.82. The molecule has 6 heteroatoms. The van der Waals surface area contributed by atoms with E-state index < -0.39 is 0 Å². The van der Waals surface area contributed by atoms with Gasteiger partial charge < -0.3 is 19.8 Å². The van der Waals surface area contributed by atoms with Crippen LogP contribution >= 0.6 is 11.8 Å². The molecule has 1 aromatic heterocycles. The molecule has 0 amide bonds. The molecule has 0 radical (unpaired) electrons. The Morgan fingerprint density at radius 2 is 2.46 bits per heavy atom. The van der Waals surface area contributed by atoms with E-state index in [0.717, 1.165) is 62.9 Å². The Balaban J connectivity index is 1.51. The van der Waals surface area contributed by atoms with Crippen molar-refractivity contribution in [3.63, 3.8) is 0 Å². The number of ether oxygens (including phenoxy) is 1. The topological polar surface area (TPSA) is 58.8 Å². The van der Waals surface area contributed by atoms with Crippen molar-refractivity contribution in [1.82, 2.24) is 10.6 Å². The average Bonchev–Trinajstić information content (AvgIpc) is 3.25. The van der Waals surface area contributed by atoms with Crippen LogP contribution in [0.3, 0.4) is 0 Å². The van der Waals surface area contributed by atoms with Crippen LogP contribution in [0.25, 0.3) is 0 Å². The molecule has 2 atom stereocenters. The fourth-order valence-corrected chi connectivity index (χ4v) is 4.72. The zero-order valence-corrected chi connectivity index (χ0v) is 15.4. The van der Waals surface area contributed by atoms with Gasteiger partial charge in [0, 0.05) is 37.9 Å². The van der Waals surface area contributed by atoms with Crippen molar-refractivity contribution in [2.75, 3.05) is 31.2 Å². The fraction of sp³-hybridized carbons (Fsp3) is 0.722. The van der Waals surface area contributed by atoms with Crippen molar-refractivity contribution in [2.45, 2.75) is 50.7 Å². The first-order valence-electron chi connectivity index (χ1n) is 9.09. The van der Waals surface area contributed by atoms with E-state index in [9.17, 15) is 0 Å². The Hall–Kier alpha value is -1.14. The molecule has 2 saturated heterocycles. The summed E-state index contributed by atoms with van der Waals surface area (Å²) < 4.78 is 11.5. The first kappa shape index (κ1) is 17.7. The van der Waals surface area contributed by atoms with Crippen molar-refractivity contribution >= 4 is 17.7 Å². The number of aliphatic imine (C=N–C) groups is 1. The molecule has 5 nitrogen and oxygen atoms in total. The summed E-state index contributed by atoms with van der Waals surface area (Å²) in [4.78, 5) is 4.69. The summed E-state index contributed by atoms with van der Waals surface area (Å²) in [7, 11) is 0. The van der Waals surface area contributed by atoms with Gasteiger partial charge in [0.2, 0.25) is 0 Å². The van der Waals surface area contributed by atoms with Gasteiger partial charge in [0.25, 0.3) is 0 Å². The maximum atomic E-state index is 6.12. The van der Waals surface area contributed by atoms with Crippen LogP contribution in [0.1, 0.15) is 38.4 Å². The predicted molar refractivity (Wildman–Crippen MR) is 99.8 cm³/mol. The van der Waals surface area contributed by atoms with E-state index in [2.05, 4.69) is 22.5 Å². The molecule has 3 rings (SSSR count). The molecular weight excluding hydrogens is 322 g/mol. The van der Waals surface area contributed by atoms with E-state index >= 15 is 0 Å². The second-order valence-electron chi connectivity index (χ2n) is 6.65. The van der Waals surface area contributed by atoms with Crippen LogP contribution in [-0.2, 0) is 11.2 Å². The number of guanidine groups is 1. The van der Waals surface area contributed by atoms with E-state index in [0.29, 0.717) is 6.04 Å². The minimum atomic E-state index is 0.102. The molecular formula is C18H29N3O2S. The summed E-state index contributed by atoms with van der Waals surface area (Å²) in [6.07, 6.45) is 6.97. The van der Waals surface area contributed by atoms with Crippen molar-refractivity contribution in [3.05, 3.63) is 24.2 Å². The number of hydrogen-bond donors (Lipinski definition) is 2. The Labute approximate surface area is 149 Å². The quantitative estimate of drug-likeness (QED) is 0.610. The average molecular weight is 352 g/mol. The van der Waals surface area contributed by atoms with Crippen LogP contribution in [0, 0.1) is 0 Å². The second-order valence-corrected chi connectivity index (χ2v) is 7.76. The standard InChI is InChI=1S/C18H29N3O2S/c1-2-8-19-17(20-9-5-16-4-3-10-22-16)21-15-6-11-23-18(13-15)7-12-24-14-18/h3-4,10,15H,2,5-9,11-14H2,1H3,(H2,19,20,21). The molecule has 0 aromatic carbocycles. The summed E-state index contributed by atoms with van der Waals surface area (Å²) in [5.41, 5.74) is 0.102. The van der Waals surface area contributed by atoms with Crippen LogP contribution in [0.2, 0.25) is 0 Å². The molecule has 0 bridgehead atoms. The molecule has 2 aliphatic heterocycles. The highest BCUT2D eigenvalue weighted by molar-refractivity contribution is 7.99. The molecule has 2 N–H and O–H groups in total. The van der Waals surface area contributed by atoms with Crippen LogP contribution in [-0.4, -0.2) is 48.8 Å². The van der Waals surface area contributed by atoms with E-state index in [1.807, 2.05) is 23.9 Å². The Morgan fingerprint density at radius 3 is 3.21 bits per heavy atom. The van der Waals surface area contributed by atoms with E-state index in [1.54, 1.807) is 6.26 Å². The van der Waals surface area contributed by atoms with E-state index in [-0.39, 0.29) is 5.60 Å². The van der Waals surface area contributed by atoms with Gasteiger partial charge in [-0.1, -0.05) is 6.92 Å². The van der Waals surface area contributed by atoms with Crippen molar-refractivity contribution in [3.8, 4) is 0 Å². The number of furan rings is 1. The lowest BCUT2D eigenvalue weighted by Crippen LogP contribution is -2.51. The normalized spacial score (nSPS) is 27.5. The molecule has 1 spiro atoms. The third kappa shape index (κ3) is 4.93. The lowest BCUT2D eigenvalue weighted by atomic mass is 9.90. The minimum absolute atomic E-state index is 0.102. The fourth-order valence-electron chi connectivity index (χ4n) is 3.34. The zero-order chi connectivity index (χ0) is 16.7. The first-order chi connectivity index (χ1) is 11.8. The van der Waals surface area contributed by atoms with Gasteiger partial charge in [-0.2, -0.15) is 11.8 Å². The summed E-state index contributed by atoms with van der Waals surface area (Å²) >= 11 is 2.02. The zero-order valence-electron chi connectivity index (χ0n) is 14.6. The number of nitrogens with one attached hydrogen (secondary N) is 2. The van der Waals surface area contributed by atoms with Crippen LogP contribution in [0.4, 0.5) is 0 Å². The smallest absolute Gasteiger partial charge is 0.191 e. The molecule has 134 valence electrons. The third-order valence-electron chi connectivity index (χ3n) is 4.64. The third-order valence-corrected chi connectivity index (χ3v) is 5.86. The van der Waals surface area contributed by atoms with Crippen molar-refractivity contribution < 1.29 is 9.15 Å². The van der Waals surface area contributed by atoms with Gasteiger partial charge in [-0.05, 0) is 43.6 Å². The lowest BCUT2D eigenvalue weighted by Gasteiger charge is -2.38. The number of rotatable bonds is 6. The Kier molecular flexibility index (Phi) is 6.49. The Bertz CT molecular complexity index is 512. The molecule has 1 aromatic rings. The summed E-state index contributed by atoms with van der Waals surface area (Å²) in [5, 5.41) is 7.09. The monoisotopic (exact) mass is 351 g/mol. The maximum Gasteiger partial charge on any atom is 0.191 e. The largest absolute Gasteiger partial charge is 0.469 e. The molecule has 24 heavy (non-hydrogen) atoms. The second kappa shape index (κ2) is 8.81. The van der Waals surface area contributed by atoms with Gasteiger partial charge in [0.15, 0.2) is 5.96 Å². The highest BCUT2D eigenvalue weighted by Crippen LogP contribution is 2.38. The van der Waals surface area contributed by atoms with Crippen LogP contribution in [0.15, 0.2) is 27.8 Å². The van der Waals surface area contributed by atoms with Gasteiger partial charge in [0.05, 0.1) is 11.9 Å². The van der Waals surface area contributed by atoms with Crippen molar-refractivity contribution in [1.29, 1.82) is 0 Å². The lowest BCUT2D eigenvalue weighted by molar-refractivity contribution is -0.0679. The SMILES string of the molecule is CCCN=C(NCCc1ccco1)NC1CCOC2(CCSC2)C1. The molecule has 0 saturated carbocycles. The number of nitrogens with zero attached hydrogens (tertiary/aromatic N) is 1. The molecule has 0 aliphatic carbocycles. The summed E-state index contributed by atoms with van der Waals surface area (Å²) in [6.45, 7) is 4.68. The Morgan fingerprint density at radius 1 is 1.50 bits per heavy atom. The van der Waals surface area contributed by atoms with Gasteiger partial charge in [0.1, 0.15) is 5.76 Å². The highest BCUT2D eigenvalue weighted by atomic mass is 32.2. The van der Waals surface area contributed by atoms with Crippen molar-refractivity contribution in [2.24, 2.45) is 4.99 Å².